The van der Waals surface area contributed by atoms with Crippen LogP contribution in [-0.2, 0) is 9.53 Å². The smallest absolute Gasteiger partial charge is 0.465 e. The van der Waals surface area contributed by atoms with E-state index in [1.165, 1.54) is 5.38 Å². The maximum absolute atomic E-state index is 12.5. The van der Waals surface area contributed by atoms with Crippen LogP contribution in [0.1, 0.15) is 45.7 Å². The molecule has 5 nitrogen and oxygen atoms in total. The van der Waals surface area contributed by atoms with E-state index in [0.29, 0.717) is 12.8 Å². The van der Waals surface area contributed by atoms with Gasteiger partial charge in [0.25, 0.3) is 0 Å². The lowest BCUT2D eigenvalue weighted by molar-refractivity contribution is -0.167. The second-order valence-corrected chi connectivity index (χ2v) is 6.02. The summed E-state index contributed by atoms with van der Waals surface area (Å²) in [5, 5.41) is 2.93. The summed E-state index contributed by atoms with van der Waals surface area (Å²) in [5.74, 6) is -3.79. The third kappa shape index (κ3) is 3.72. The Morgan fingerprint density at radius 3 is 2.39 bits per heavy atom. The molecule has 0 aliphatic heterocycles. The Morgan fingerprint density at radius 2 is 1.87 bits per heavy atom. The third-order valence-electron chi connectivity index (χ3n) is 3.65. The molecular formula is C14H14F3NO4S. The predicted octanol–water partition coefficient (Wildman–Crippen LogP) is 3.41. The number of Topliss-reactive ketones (excluding diaryl/α,β-unsaturated/α-hetero) is 1. The van der Waals surface area contributed by atoms with Crippen LogP contribution in [-0.4, -0.2) is 30.9 Å². The molecule has 1 fully saturated rings. The first-order chi connectivity index (χ1) is 10.8. The first kappa shape index (κ1) is 17.5. The van der Waals surface area contributed by atoms with Gasteiger partial charge >= 0.3 is 18.1 Å². The van der Waals surface area contributed by atoms with Crippen molar-refractivity contribution in [1.82, 2.24) is 0 Å². The van der Waals surface area contributed by atoms with Gasteiger partial charge in [-0.1, -0.05) is 12.8 Å². The molecule has 0 bridgehead atoms. The molecule has 2 rings (SSSR count). The van der Waals surface area contributed by atoms with Crippen LogP contribution in [0.2, 0.25) is 0 Å². The van der Waals surface area contributed by atoms with Crippen LogP contribution in [0.5, 0.6) is 0 Å². The number of carbonyl (C=O) groups excluding carboxylic acids is 3. The van der Waals surface area contributed by atoms with Crippen molar-refractivity contribution in [2.24, 2.45) is 5.92 Å². The molecule has 1 heterocycles. The van der Waals surface area contributed by atoms with Gasteiger partial charge in [-0.2, -0.15) is 13.2 Å². The molecule has 0 radical (unpaired) electrons. The van der Waals surface area contributed by atoms with Gasteiger partial charge in [0, 0.05) is 11.3 Å². The number of ether oxygens (including phenoxy) is 1. The van der Waals surface area contributed by atoms with Crippen molar-refractivity contribution >= 4 is 34.7 Å². The third-order valence-corrected chi connectivity index (χ3v) is 4.61. The number of methoxy groups -OCH3 is 1. The van der Waals surface area contributed by atoms with Crippen LogP contribution in [0.25, 0.3) is 0 Å². The Hall–Kier alpha value is -1.90. The number of anilines is 1. The van der Waals surface area contributed by atoms with Crippen molar-refractivity contribution in [3.63, 3.8) is 0 Å². The molecule has 1 N–H and O–H groups in total. The van der Waals surface area contributed by atoms with Gasteiger partial charge < -0.3 is 10.1 Å². The summed E-state index contributed by atoms with van der Waals surface area (Å²) in [6.45, 7) is 0. The van der Waals surface area contributed by atoms with Crippen LogP contribution >= 0.6 is 11.3 Å². The van der Waals surface area contributed by atoms with E-state index in [0.717, 1.165) is 31.3 Å². The van der Waals surface area contributed by atoms with Crippen molar-refractivity contribution in [2.75, 3.05) is 12.4 Å². The molecule has 9 heteroatoms. The molecule has 0 saturated heterocycles. The predicted molar refractivity (Wildman–Crippen MR) is 76.6 cm³/mol. The van der Waals surface area contributed by atoms with Crippen molar-refractivity contribution < 1.29 is 32.3 Å². The van der Waals surface area contributed by atoms with Crippen LogP contribution in [0.4, 0.5) is 18.9 Å². The normalized spacial score (nSPS) is 15.5. The largest absolute Gasteiger partial charge is 0.471 e. The number of amides is 1. The van der Waals surface area contributed by atoms with Crippen LogP contribution in [0.15, 0.2) is 5.38 Å². The van der Waals surface area contributed by atoms with E-state index in [1.807, 2.05) is 0 Å². The highest BCUT2D eigenvalue weighted by atomic mass is 32.1. The number of halogens is 3. The zero-order valence-electron chi connectivity index (χ0n) is 12.2. The molecule has 0 spiro atoms. The summed E-state index contributed by atoms with van der Waals surface area (Å²) in [6, 6.07) is 0. The summed E-state index contributed by atoms with van der Waals surface area (Å²) in [4.78, 5) is 35.1. The molecule has 1 aliphatic rings. The number of ketones is 1. The number of thiophene rings is 1. The average Bonchev–Trinajstić information content (AvgIpc) is 3.14. The van der Waals surface area contributed by atoms with Gasteiger partial charge in [0.1, 0.15) is 4.88 Å². The molecule has 1 saturated carbocycles. The molecule has 23 heavy (non-hydrogen) atoms. The van der Waals surface area contributed by atoms with Gasteiger partial charge in [-0.15, -0.1) is 11.3 Å². The van der Waals surface area contributed by atoms with Gasteiger partial charge in [-0.3, -0.25) is 9.59 Å². The fourth-order valence-corrected chi connectivity index (χ4v) is 3.43. The molecule has 0 atom stereocenters. The topological polar surface area (TPSA) is 72.5 Å². The van der Waals surface area contributed by atoms with E-state index in [9.17, 15) is 27.6 Å². The molecule has 1 aromatic rings. The number of hydrogen-bond acceptors (Lipinski definition) is 5. The molecule has 1 aromatic heterocycles. The van der Waals surface area contributed by atoms with Gasteiger partial charge in [0.05, 0.1) is 18.4 Å². The minimum absolute atomic E-state index is 0.0695. The maximum Gasteiger partial charge on any atom is 0.471 e. The summed E-state index contributed by atoms with van der Waals surface area (Å²) in [6.07, 6.45) is -2.09. The standard InChI is InChI=1S/C14H14F3NO4S/c1-22-12(20)11-9(18-13(21)14(15,16)17)8(6-23-11)10(19)7-4-2-3-5-7/h6-7H,2-5H2,1H3,(H,18,21). The zero-order chi connectivity index (χ0) is 17.2. The quantitative estimate of drug-likeness (QED) is 0.668. The minimum atomic E-state index is -5.12. The molecule has 0 aromatic carbocycles. The number of hydrogen-bond donors (Lipinski definition) is 1. The van der Waals surface area contributed by atoms with Gasteiger partial charge in [-0.05, 0) is 12.8 Å². The van der Waals surface area contributed by atoms with Gasteiger partial charge in [0.2, 0.25) is 0 Å². The van der Waals surface area contributed by atoms with Crippen molar-refractivity contribution in [1.29, 1.82) is 0 Å². The summed E-state index contributed by atoms with van der Waals surface area (Å²) in [5.41, 5.74) is -0.485. The number of esters is 1. The Morgan fingerprint density at radius 1 is 1.26 bits per heavy atom. The average molecular weight is 349 g/mol. The van der Waals surface area contributed by atoms with Gasteiger partial charge in [0.15, 0.2) is 5.78 Å². The number of rotatable bonds is 4. The number of nitrogens with one attached hydrogen (secondary N) is 1. The van der Waals surface area contributed by atoms with E-state index in [1.54, 1.807) is 5.32 Å². The Bertz CT molecular complexity index is 632. The van der Waals surface area contributed by atoms with Crippen molar-refractivity contribution in [3.8, 4) is 0 Å². The highest BCUT2D eigenvalue weighted by Gasteiger charge is 2.40. The van der Waals surface area contributed by atoms with E-state index < -0.39 is 23.7 Å². The lowest BCUT2D eigenvalue weighted by Crippen LogP contribution is -2.31. The van der Waals surface area contributed by atoms with Crippen molar-refractivity contribution in [2.45, 2.75) is 31.9 Å². The van der Waals surface area contributed by atoms with Gasteiger partial charge in [-0.25, -0.2) is 4.79 Å². The van der Waals surface area contributed by atoms with E-state index >= 15 is 0 Å². The van der Waals surface area contributed by atoms with Crippen LogP contribution < -0.4 is 5.32 Å². The zero-order valence-corrected chi connectivity index (χ0v) is 13.0. The van der Waals surface area contributed by atoms with Crippen molar-refractivity contribution in [3.05, 3.63) is 15.8 Å². The first-order valence-corrected chi connectivity index (χ1v) is 7.76. The highest BCUT2D eigenvalue weighted by Crippen LogP contribution is 2.36. The van der Waals surface area contributed by atoms with Crippen LogP contribution in [0, 0.1) is 5.92 Å². The highest BCUT2D eigenvalue weighted by molar-refractivity contribution is 7.13. The fourth-order valence-electron chi connectivity index (χ4n) is 2.50. The Labute approximate surface area is 133 Å². The maximum atomic E-state index is 12.5. The lowest BCUT2D eigenvalue weighted by Gasteiger charge is -2.12. The SMILES string of the molecule is COC(=O)c1scc(C(=O)C2CCCC2)c1NC(=O)C(F)(F)F. The number of carbonyl (C=O) groups is 3. The summed E-state index contributed by atoms with van der Waals surface area (Å²) >= 11 is 0.771. The molecule has 0 unspecified atom stereocenters. The number of alkyl halides is 3. The molecule has 1 aliphatic carbocycles. The summed E-state index contributed by atoms with van der Waals surface area (Å²) < 4.78 is 41.9. The lowest BCUT2D eigenvalue weighted by atomic mass is 9.97. The minimum Gasteiger partial charge on any atom is -0.465 e. The van der Waals surface area contributed by atoms with E-state index in [4.69, 9.17) is 0 Å². The second kappa shape index (κ2) is 6.69. The Kier molecular flexibility index (Phi) is 5.08. The molecule has 1 amide bonds. The van der Waals surface area contributed by atoms with E-state index in [2.05, 4.69) is 4.74 Å². The first-order valence-electron chi connectivity index (χ1n) is 6.88. The van der Waals surface area contributed by atoms with E-state index in [-0.39, 0.29) is 22.1 Å². The Balaban J connectivity index is 2.38. The monoisotopic (exact) mass is 349 g/mol. The molecular weight excluding hydrogens is 335 g/mol. The fraction of sp³-hybridized carbons (Fsp3) is 0.500. The van der Waals surface area contributed by atoms with Crippen LogP contribution in [0.3, 0.4) is 0 Å². The summed E-state index contributed by atoms with van der Waals surface area (Å²) in [7, 11) is 1.07. The second-order valence-electron chi connectivity index (χ2n) is 5.14. The molecule has 126 valence electrons.